The second-order valence-corrected chi connectivity index (χ2v) is 6.23. The number of rotatable bonds is 3. The second kappa shape index (κ2) is 5.93. The fourth-order valence-electron chi connectivity index (χ4n) is 1.98. The van der Waals surface area contributed by atoms with Crippen LogP contribution in [0.4, 0.5) is 0 Å². The first-order valence-corrected chi connectivity index (χ1v) is 7.84. The number of H-pyrrole nitrogens is 1. The van der Waals surface area contributed by atoms with Crippen LogP contribution in [0.2, 0.25) is 0 Å². The van der Waals surface area contributed by atoms with Crippen molar-refractivity contribution in [1.29, 1.82) is 0 Å². The van der Waals surface area contributed by atoms with Crippen molar-refractivity contribution in [1.82, 2.24) is 9.97 Å². The molecular formula is C13H10BrIN2O4. The van der Waals surface area contributed by atoms with Crippen molar-refractivity contribution in [3.8, 4) is 22.9 Å². The van der Waals surface area contributed by atoms with E-state index in [4.69, 9.17) is 14.2 Å². The van der Waals surface area contributed by atoms with Crippen molar-refractivity contribution >= 4 is 38.5 Å². The van der Waals surface area contributed by atoms with E-state index in [0.717, 1.165) is 10.0 Å². The third kappa shape index (κ3) is 2.79. The topological polar surface area (TPSA) is 73.4 Å². The molecule has 110 valence electrons. The highest BCUT2D eigenvalue weighted by Gasteiger charge is 2.20. The van der Waals surface area contributed by atoms with E-state index in [1.165, 1.54) is 0 Å². The Morgan fingerprint density at radius 1 is 1.48 bits per heavy atom. The molecule has 1 aliphatic heterocycles. The van der Waals surface area contributed by atoms with Crippen LogP contribution in [0.5, 0.6) is 11.5 Å². The molecule has 0 saturated carbocycles. The zero-order chi connectivity index (χ0) is 15.0. The summed E-state index contributed by atoms with van der Waals surface area (Å²) >= 11 is 5.39. The first kappa shape index (κ1) is 14.8. The van der Waals surface area contributed by atoms with Crippen molar-refractivity contribution in [3.63, 3.8) is 0 Å². The van der Waals surface area contributed by atoms with Gasteiger partial charge in [0.05, 0.1) is 16.8 Å². The second-order valence-electron chi connectivity index (χ2n) is 4.30. The summed E-state index contributed by atoms with van der Waals surface area (Å²) in [5, 5.41) is 0. The molecule has 0 atom stereocenters. The smallest absolute Gasteiger partial charge is 0.264 e. The summed E-state index contributed by atoms with van der Waals surface area (Å²) in [6.07, 6.45) is 0. The SMILES string of the molecule is COCc1nc(-c2cc(Br)c3c(c2)OCO3)[nH]c(=O)c1I. The Balaban J connectivity index is 2.13. The summed E-state index contributed by atoms with van der Waals surface area (Å²) in [6.45, 7) is 0.462. The summed E-state index contributed by atoms with van der Waals surface area (Å²) in [6, 6.07) is 3.62. The maximum atomic E-state index is 12.0. The summed E-state index contributed by atoms with van der Waals surface area (Å²) in [7, 11) is 1.57. The van der Waals surface area contributed by atoms with Gasteiger partial charge in [0.2, 0.25) is 6.79 Å². The number of hydrogen-bond acceptors (Lipinski definition) is 5. The Labute approximate surface area is 142 Å². The Kier molecular flexibility index (Phi) is 4.18. The van der Waals surface area contributed by atoms with Gasteiger partial charge >= 0.3 is 0 Å². The summed E-state index contributed by atoms with van der Waals surface area (Å²) in [5.74, 6) is 1.74. The Morgan fingerprint density at radius 2 is 2.29 bits per heavy atom. The van der Waals surface area contributed by atoms with Crippen molar-refractivity contribution < 1.29 is 14.2 Å². The minimum atomic E-state index is -0.193. The molecule has 0 amide bonds. The molecule has 0 fully saturated rings. The van der Waals surface area contributed by atoms with Gasteiger partial charge in [-0.2, -0.15) is 0 Å². The van der Waals surface area contributed by atoms with Crippen LogP contribution < -0.4 is 15.0 Å². The molecule has 6 nitrogen and oxygen atoms in total. The lowest BCUT2D eigenvalue weighted by molar-refractivity contribution is 0.173. The van der Waals surface area contributed by atoms with Gasteiger partial charge < -0.3 is 19.2 Å². The molecule has 0 bridgehead atoms. The van der Waals surface area contributed by atoms with E-state index in [1.807, 2.05) is 28.7 Å². The zero-order valence-electron chi connectivity index (χ0n) is 10.9. The number of halogens is 2. The number of fused-ring (bicyclic) bond motifs is 1. The number of aromatic nitrogens is 2. The lowest BCUT2D eigenvalue weighted by atomic mass is 10.2. The Hall–Kier alpha value is -1.13. The summed E-state index contributed by atoms with van der Waals surface area (Å²) in [4.78, 5) is 19.2. The molecule has 0 saturated heterocycles. The van der Waals surface area contributed by atoms with Gasteiger partial charge in [0.25, 0.3) is 5.56 Å². The third-order valence-corrected chi connectivity index (χ3v) is 4.61. The van der Waals surface area contributed by atoms with Crippen LogP contribution in [-0.4, -0.2) is 23.9 Å². The van der Waals surface area contributed by atoms with Crippen molar-refractivity contribution in [3.05, 3.63) is 36.2 Å². The minimum absolute atomic E-state index is 0.183. The fourth-order valence-corrected chi connectivity index (χ4v) is 2.95. The van der Waals surface area contributed by atoms with Gasteiger partial charge in [-0.1, -0.05) is 0 Å². The normalized spacial score (nSPS) is 12.7. The molecule has 0 radical (unpaired) electrons. The molecule has 2 heterocycles. The lowest BCUT2D eigenvalue weighted by Crippen LogP contribution is -2.16. The van der Waals surface area contributed by atoms with Gasteiger partial charge in [0, 0.05) is 12.7 Å². The van der Waals surface area contributed by atoms with Crippen molar-refractivity contribution in [2.75, 3.05) is 13.9 Å². The average Bonchev–Trinajstić information content (AvgIpc) is 2.92. The number of aromatic amines is 1. The number of ether oxygens (including phenoxy) is 3. The van der Waals surface area contributed by atoms with E-state index >= 15 is 0 Å². The average molecular weight is 465 g/mol. The van der Waals surface area contributed by atoms with E-state index in [1.54, 1.807) is 13.2 Å². The maximum absolute atomic E-state index is 12.0. The van der Waals surface area contributed by atoms with Gasteiger partial charge in [0.15, 0.2) is 11.5 Å². The van der Waals surface area contributed by atoms with E-state index in [0.29, 0.717) is 26.6 Å². The molecule has 0 aliphatic carbocycles. The van der Waals surface area contributed by atoms with E-state index in [-0.39, 0.29) is 19.0 Å². The predicted molar refractivity (Wildman–Crippen MR) is 87.5 cm³/mol. The first-order chi connectivity index (χ1) is 10.1. The van der Waals surface area contributed by atoms with Crippen LogP contribution in [0.15, 0.2) is 21.4 Å². The molecule has 3 rings (SSSR count). The first-order valence-electron chi connectivity index (χ1n) is 5.97. The minimum Gasteiger partial charge on any atom is -0.454 e. The van der Waals surface area contributed by atoms with Gasteiger partial charge in [-0.15, -0.1) is 0 Å². The molecule has 1 N–H and O–H groups in total. The fraction of sp³-hybridized carbons (Fsp3) is 0.231. The molecule has 2 aromatic rings. The van der Waals surface area contributed by atoms with Crippen LogP contribution in [0.1, 0.15) is 5.69 Å². The molecule has 0 spiro atoms. The van der Waals surface area contributed by atoms with Crippen molar-refractivity contribution in [2.24, 2.45) is 0 Å². The molecule has 0 unspecified atom stereocenters. The van der Waals surface area contributed by atoms with Gasteiger partial charge in [-0.3, -0.25) is 4.79 Å². The van der Waals surface area contributed by atoms with E-state index in [9.17, 15) is 4.79 Å². The van der Waals surface area contributed by atoms with Crippen LogP contribution in [0, 0.1) is 3.57 Å². The molecule has 21 heavy (non-hydrogen) atoms. The van der Waals surface area contributed by atoms with E-state index < -0.39 is 0 Å². The van der Waals surface area contributed by atoms with Crippen LogP contribution in [0.3, 0.4) is 0 Å². The Bertz CT molecular complexity index is 763. The third-order valence-electron chi connectivity index (χ3n) is 2.91. The maximum Gasteiger partial charge on any atom is 0.264 e. The molecule has 8 heteroatoms. The van der Waals surface area contributed by atoms with Crippen LogP contribution in [-0.2, 0) is 11.3 Å². The molecule has 1 aromatic carbocycles. The highest BCUT2D eigenvalue weighted by Crippen LogP contribution is 2.41. The molecular weight excluding hydrogens is 455 g/mol. The zero-order valence-corrected chi connectivity index (χ0v) is 14.6. The van der Waals surface area contributed by atoms with Crippen molar-refractivity contribution in [2.45, 2.75) is 6.61 Å². The lowest BCUT2D eigenvalue weighted by Gasteiger charge is -2.08. The van der Waals surface area contributed by atoms with Gasteiger partial charge in [0.1, 0.15) is 9.39 Å². The monoisotopic (exact) mass is 464 g/mol. The number of hydrogen-bond donors (Lipinski definition) is 1. The molecule has 1 aromatic heterocycles. The predicted octanol–water partition coefficient (Wildman–Crippen LogP) is 2.68. The number of methoxy groups -OCH3 is 1. The van der Waals surface area contributed by atoms with Gasteiger partial charge in [-0.05, 0) is 50.7 Å². The van der Waals surface area contributed by atoms with Crippen LogP contribution in [0.25, 0.3) is 11.4 Å². The number of benzene rings is 1. The Morgan fingerprint density at radius 3 is 3.05 bits per heavy atom. The number of nitrogens with zero attached hydrogens (tertiary/aromatic N) is 1. The van der Waals surface area contributed by atoms with Crippen LogP contribution >= 0.6 is 38.5 Å². The largest absolute Gasteiger partial charge is 0.454 e. The highest BCUT2D eigenvalue weighted by atomic mass is 127. The van der Waals surface area contributed by atoms with E-state index in [2.05, 4.69) is 25.9 Å². The quantitative estimate of drug-likeness (QED) is 0.707. The summed E-state index contributed by atoms with van der Waals surface area (Å²) < 4.78 is 17.1. The van der Waals surface area contributed by atoms with Gasteiger partial charge in [-0.25, -0.2) is 4.98 Å². The summed E-state index contributed by atoms with van der Waals surface area (Å²) in [5.41, 5.74) is 1.14. The standard InChI is InChI=1S/C13H10BrIN2O4/c1-19-4-8-10(15)13(18)17-12(16-8)6-2-7(14)11-9(3-6)20-5-21-11/h2-3H,4-5H2,1H3,(H,16,17,18). The molecule has 1 aliphatic rings. The highest BCUT2D eigenvalue weighted by molar-refractivity contribution is 14.1. The number of nitrogens with one attached hydrogen (secondary N) is 1.